The molecule has 0 heterocycles. The third kappa shape index (κ3) is 23.4. The van der Waals surface area contributed by atoms with Crippen LogP contribution in [0.15, 0.2) is 12.7 Å². The minimum Gasteiger partial charge on any atom is -0.550 e. The molecule has 0 spiro atoms. The molecule has 0 saturated heterocycles. The number of likely N-dealkylation sites (N-methyl/N-ethyl adjacent to an activating group) is 1. The lowest BCUT2D eigenvalue weighted by Crippen LogP contribution is -2.44. The number of aliphatic carboxylic acids is 1. The Morgan fingerprint density at radius 1 is 1.08 bits per heavy atom. The van der Waals surface area contributed by atoms with Crippen molar-refractivity contribution >= 4 is 5.97 Å². The van der Waals surface area contributed by atoms with E-state index in [2.05, 4.69) is 20.4 Å². The molecule has 0 bridgehead atoms. The fourth-order valence-electron chi connectivity index (χ4n) is 2.29. The first-order valence-corrected chi connectivity index (χ1v) is 9.49. The SMILES string of the molecule is C=CCCCCCC.CCCCCOC(CC(=O)[O-])C[N+](C)(C)C. The van der Waals surface area contributed by atoms with Crippen molar-refractivity contribution in [2.75, 3.05) is 34.3 Å². The van der Waals surface area contributed by atoms with Crippen LogP contribution in [0.4, 0.5) is 0 Å². The van der Waals surface area contributed by atoms with Crippen molar-refractivity contribution in [2.24, 2.45) is 0 Å². The third-order valence-electron chi connectivity index (χ3n) is 3.51. The smallest absolute Gasteiger partial charge is 0.112 e. The molecule has 0 fully saturated rings. The predicted molar refractivity (Wildman–Crippen MR) is 101 cm³/mol. The van der Waals surface area contributed by atoms with Crippen molar-refractivity contribution in [3.63, 3.8) is 0 Å². The van der Waals surface area contributed by atoms with Gasteiger partial charge in [0.2, 0.25) is 0 Å². The Balaban J connectivity index is 0. The van der Waals surface area contributed by atoms with Gasteiger partial charge < -0.3 is 19.1 Å². The highest BCUT2D eigenvalue weighted by Gasteiger charge is 2.18. The topological polar surface area (TPSA) is 49.4 Å². The second-order valence-electron chi connectivity index (χ2n) is 7.39. The molecule has 0 amide bonds. The summed E-state index contributed by atoms with van der Waals surface area (Å²) in [6, 6.07) is 0. The van der Waals surface area contributed by atoms with Crippen molar-refractivity contribution in [1.29, 1.82) is 0 Å². The van der Waals surface area contributed by atoms with E-state index in [4.69, 9.17) is 4.74 Å². The molecule has 0 saturated carbocycles. The molecule has 1 unspecified atom stereocenters. The number of nitrogens with zero attached hydrogens (tertiary/aromatic N) is 1. The lowest BCUT2D eigenvalue weighted by atomic mass is 10.2. The fourth-order valence-corrected chi connectivity index (χ4v) is 2.29. The first-order valence-electron chi connectivity index (χ1n) is 9.49. The van der Waals surface area contributed by atoms with Gasteiger partial charge in [-0.1, -0.05) is 52.0 Å². The zero-order valence-corrected chi connectivity index (χ0v) is 16.8. The number of rotatable bonds is 14. The second kappa shape index (κ2) is 17.0. The first kappa shape index (κ1) is 25.4. The van der Waals surface area contributed by atoms with E-state index in [1.807, 2.05) is 27.2 Å². The monoisotopic (exact) mass is 343 g/mol. The normalized spacial score (nSPS) is 12.2. The molecule has 24 heavy (non-hydrogen) atoms. The predicted octanol–water partition coefficient (Wildman–Crippen LogP) is 3.55. The van der Waals surface area contributed by atoms with Gasteiger partial charge in [-0.05, 0) is 19.3 Å². The van der Waals surface area contributed by atoms with Crippen molar-refractivity contribution in [1.82, 2.24) is 0 Å². The molecule has 0 aromatic carbocycles. The molecule has 4 nitrogen and oxygen atoms in total. The van der Waals surface area contributed by atoms with Crippen LogP contribution in [-0.4, -0.2) is 50.9 Å². The van der Waals surface area contributed by atoms with Gasteiger partial charge in [-0.25, -0.2) is 0 Å². The van der Waals surface area contributed by atoms with Gasteiger partial charge in [0.25, 0.3) is 0 Å². The van der Waals surface area contributed by atoms with E-state index in [1.54, 1.807) is 0 Å². The largest absolute Gasteiger partial charge is 0.550 e. The molecule has 0 N–H and O–H groups in total. The van der Waals surface area contributed by atoms with Crippen LogP contribution in [0.3, 0.4) is 0 Å². The van der Waals surface area contributed by atoms with Crippen LogP contribution < -0.4 is 5.11 Å². The van der Waals surface area contributed by atoms with Crippen LogP contribution in [0.1, 0.15) is 71.6 Å². The summed E-state index contributed by atoms with van der Waals surface area (Å²) in [7, 11) is 6.08. The summed E-state index contributed by atoms with van der Waals surface area (Å²) in [5.41, 5.74) is 0. The van der Waals surface area contributed by atoms with Crippen molar-refractivity contribution < 1.29 is 19.1 Å². The van der Waals surface area contributed by atoms with Crippen LogP contribution in [0.5, 0.6) is 0 Å². The number of quaternary nitrogens is 1. The lowest BCUT2D eigenvalue weighted by molar-refractivity contribution is -0.873. The van der Waals surface area contributed by atoms with Crippen molar-refractivity contribution in [3.8, 4) is 0 Å². The van der Waals surface area contributed by atoms with Gasteiger partial charge in [-0.2, -0.15) is 0 Å². The molecule has 0 aromatic rings. The molecule has 0 radical (unpaired) electrons. The standard InChI is InChI=1S/C12H25NO3.C8H16/c1-5-6-7-8-16-11(9-12(14)15)10-13(2,3)4;1-3-5-7-8-6-4-2/h11H,5-10H2,1-4H3;3H,1,4-8H2,2H3. The fraction of sp³-hybridized carbons (Fsp3) is 0.850. The van der Waals surface area contributed by atoms with E-state index in [0.717, 1.165) is 19.3 Å². The summed E-state index contributed by atoms with van der Waals surface area (Å²) in [6.45, 7) is 9.36. The van der Waals surface area contributed by atoms with Crippen LogP contribution in [0.2, 0.25) is 0 Å². The van der Waals surface area contributed by atoms with Crippen LogP contribution in [-0.2, 0) is 9.53 Å². The van der Waals surface area contributed by atoms with Gasteiger partial charge >= 0.3 is 0 Å². The van der Waals surface area contributed by atoms with Gasteiger partial charge in [0.15, 0.2) is 0 Å². The average Bonchev–Trinajstić information content (AvgIpc) is 2.46. The molecule has 4 heteroatoms. The highest BCUT2D eigenvalue weighted by atomic mass is 16.5. The Hall–Kier alpha value is -0.870. The van der Waals surface area contributed by atoms with Crippen molar-refractivity contribution in [3.05, 3.63) is 12.7 Å². The summed E-state index contributed by atoms with van der Waals surface area (Å²) in [6.07, 6.45) is 11.6. The molecule has 0 aliphatic heterocycles. The molecule has 0 rings (SSSR count). The first-order chi connectivity index (χ1) is 11.3. The lowest BCUT2D eigenvalue weighted by Gasteiger charge is -2.29. The Morgan fingerprint density at radius 2 is 1.67 bits per heavy atom. The van der Waals surface area contributed by atoms with Gasteiger partial charge in [0.05, 0.1) is 21.1 Å². The summed E-state index contributed by atoms with van der Waals surface area (Å²) in [5, 5.41) is 10.6. The number of carboxylic acid groups (broad SMARTS) is 1. The summed E-state index contributed by atoms with van der Waals surface area (Å²) < 4.78 is 6.29. The van der Waals surface area contributed by atoms with E-state index >= 15 is 0 Å². The van der Waals surface area contributed by atoms with E-state index in [0.29, 0.717) is 17.6 Å². The van der Waals surface area contributed by atoms with Gasteiger partial charge in [0, 0.05) is 19.0 Å². The quantitative estimate of drug-likeness (QED) is 0.275. The minimum absolute atomic E-state index is 0.0123. The van der Waals surface area contributed by atoms with Crippen LogP contribution in [0.25, 0.3) is 0 Å². The van der Waals surface area contributed by atoms with E-state index in [9.17, 15) is 9.90 Å². The zero-order chi connectivity index (χ0) is 18.8. The van der Waals surface area contributed by atoms with Crippen LogP contribution in [0, 0.1) is 0 Å². The van der Waals surface area contributed by atoms with E-state index < -0.39 is 5.97 Å². The summed E-state index contributed by atoms with van der Waals surface area (Å²) >= 11 is 0. The molecule has 0 aromatic heterocycles. The van der Waals surface area contributed by atoms with E-state index in [1.165, 1.54) is 32.1 Å². The molecule has 0 aliphatic rings. The Kier molecular flexibility index (Phi) is 17.9. The van der Waals surface area contributed by atoms with Gasteiger partial charge in [-0.15, -0.1) is 6.58 Å². The Bertz CT molecular complexity index is 298. The molecular formula is C20H41NO3. The molecule has 1 atom stereocenters. The van der Waals surface area contributed by atoms with E-state index in [-0.39, 0.29) is 12.5 Å². The maximum absolute atomic E-state index is 10.6. The van der Waals surface area contributed by atoms with Crippen molar-refractivity contribution in [2.45, 2.75) is 77.7 Å². The number of carbonyl (C=O) groups is 1. The summed E-state index contributed by atoms with van der Waals surface area (Å²) in [5.74, 6) is -1.03. The average molecular weight is 344 g/mol. The van der Waals surface area contributed by atoms with Gasteiger partial charge in [0.1, 0.15) is 12.6 Å². The minimum atomic E-state index is -1.03. The third-order valence-corrected chi connectivity index (χ3v) is 3.51. The molecular weight excluding hydrogens is 302 g/mol. The van der Waals surface area contributed by atoms with Crippen LogP contribution >= 0.6 is 0 Å². The zero-order valence-electron chi connectivity index (χ0n) is 16.8. The molecule has 0 aliphatic carbocycles. The number of allylic oxidation sites excluding steroid dienone is 1. The number of ether oxygens (including phenoxy) is 1. The number of hydrogen-bond donors (Lipinski definition) is 0. The highest BCUT2D eigenvalue weighted by molar-refractivity contribution is 5.64. The summed E-state index contributed by atoms with van der Waals surface area (Å²) in [4.78, 5) is 10.6. The number of unbranched alkanes of at least 4 members (excludes halogenated alkanes) is 6. The Labute approximate surface area is 150 Å². The number of carbonyl (C=O) groups excluding carboxylic acids is 1. The molecule has 144 valence electrons. The highest BCUT2D eigenvalue weighted by Crippen LogP contribution is 2.06. The second-order valence-corrected chi connectivity index (χ2v) is 7.39. The maximum atomic E-state index is 10.6. The Morgan fingerprint density at radius 3 is 2.12 bits per heavy atom. The number of hydrogen-bond acceptors (Lipinski definition) is 3. The van der Waals surface area contributed by atoms with Gasteiger partial charge in [-0.3, -0.25) is 0 Å². The maximum Gasteiger partial charge on any atom is 0.112 e. The number of carboxylic acids is 1.